The molecule has 2 heterocycles. The normalized spacial score (nSPS) is 12.6. The fourth-order valence-electron chi connectivity index (χ4n) is 3.05. The predicted molar refractivity (Wildman–Crippen MR) is 96.5 cm³/mol. The first-order valence-electron chi connectivity index (χ1n) is 8.85. The van der Waals surface area contributed by atoms with Gasteiger partial charge in [0.2, 0.25) is 5.91 Å². The van der Waals surface area contributed by atoms with Gasteiger partial charge < -0.3 is 5.32 Å². The van der Waals surface area contributed by atoms with Crippen LogP contribution in [-0.4, -0.2) is 25.5 Å². The summed E-state index contributed by atoms with van der Waals surface area (Å²) >= 11 is 0. The Bertz CT molecular complexity index is 1150. The van der Waals surface area contributed by atoms with E-state index in [4.69, 9.17) is 0 Å². The molecule has 0 aliphatic heterocycles. The Labute approximate surface area is 168 Å². The van der Waals surface area contributed by atoms with Crippen molar-refractivity contribution in [3.05, 3.63) is 58.4 Å². The molecule has 0 radical (unpaired) electrons. The Hall–Kier alpha value is -3.55. The topological polar surface area (TPSA) is 96.0 Å². The number of rotatable bonds is 5. The number of halogens is 4. The molecule has 0 saturated heterocycles. The van der Waals surface area contributed by atoms with Gasteiger partial charge in [-0.3, -0.25) is 4.79 Å². The smallest absolute Gasteiger partial charge is 0.337 e. The van der Waals surface area contributed by atoms with Crippen LogP contribution < -0.4 is 5.32 Å². The third-order valence-corrected chi connectivity index (χ3v) is 4.56. The van der Waals surface area contributed by atoms with Crippen LogP contribution in [0.3, 0.4) is 0 Å². The second-order valence-corrected chi connectivity index (χ2v) is 6.56. The van der Waals surface area contributed by atoms with Crippen molar-refractivity contribution < 1.29 is 22.4 Å². The van der Waals surface area contributed by atoms with Gasteiger partial charge in [0.15, 0.2) is 0 Å². The number of amides is 1. The number of aromatic nitrogens is 4. The van der Waals surface area contributed by atoms with E-state index < -0.39 is 29.8 Å². The lowest BCUT2D eigenvalue weighted by atomic mass is 10.0. The van der Waals surface area contributed by atoms with E-state index in [2.05, 4.69) is 20.4 Å². The SMILES string of the molecule is Cc1nc2nc(C(F)(F)F)nn2c(C)c1CCC(=O)NC(C#N)c1ccccc1F. The second kappa shape index (κ2) is 8.06. The zero-order valence-electron chi connectivity index (χ0n) is 16.0. The highest BCUT2D eigenvalue weighted by atomic mass is 19.4. The number of aryl methyl sites for hydroxylation is 2. The van der Waals surface area contributed by atoms with Gasteiger partial charge in [-0.15, -0.1) is 5.10 Å². The number of hydrogen-bond donors (Lipinski definition) is 1. The minimum Gasteiger partial charge on any atom is -0.337 e. The quantitative estimate of drug-likeness (QED) is 0.640. The first kappa shape index (κ1) is 21.2. The Morgan fingerprint density at radius 1 is 1.27 bits per heavy atom. The highest BCUT2D eigenvalue weighted by molar-refractivity contribution is 5.77. The average molecular weight is 420 g/mol. The summed E-state index contributed by atoms with van der Waals surface area (Å²) in [5.74, 6) is -2.61. The minimum absolute atomic E-state index is 0.0473. The third-order valence-electron chi connectivity index (χ3n) is 4.56. The molecule has 0 saturated carbocycles. The largest absolute Gasteiger partial charge is 0.453 e. The standard InChI is InChI=1S/C19H16F4N6O/c1-10-12(11(2)29-18(25-10)27-17(28-29)19(21,22)23)7-8-16(30)26-15(9-24)13-5-3-4-6-14(13)20/h3-6,15H,7-8H2,1-2H3,(H,26,30). The van der Waals surface area contributed by atoms with Crippen LogP contribution >= 0.6 is 0 Å². The summed E-state index contributed by atoms with van der Waals surface area (Å²) in [6.45, 7) is 3.15. The van der Waals surface area contributed by atoms with Crippen LogP contribution in [-0.2, 0) is 17.4 Å². The van der Waals surface area contributed by atoms with Crippen molar-refractivity contribution in [3.8, 4) is 6.07 Å². The van der Waals surface area contributed by atoms with E-state index in [1.165, 1.54) is 18.2 Å². The molecule has 1 unspecified atom stereocenters. The third kappa shape index (κ3) is 4.22. The van der Waals surface area contributed by atoms with Crippen molar-refractivity contribution >= 4 is 11.7 Å². The Morgan fingerprint density at radius 2 is 1.97 bits per heavy atom. The van der Waals surface area contributed by atoms with Gasteiger partial charge in [0.1, 0.15) is 11.9 Å². The van der Waals surface area contributed by atoms with Gasteiger partial charge in [-0.25, -0.2) is 13.9 Å². The number of benzene rings is 1. The van der Waals surface area contributed by atoms with Crippen LogP contribution in [0.25, 0.3) is 5.78 Å². The Balaban J connectivity index is 1.77. The highest BCUT2D eigenvalue weighted by Gasteiger charge is 2.37. The maximum absolute atomic E-state index is 13.9. The fraction of sp³-hybridized carbons (Fsp3) is 0.316. The van der Waals surface area contributed by atoms with Gasteiger partial charge in [-0.2, -0.15) is 23.4 Å². The van der Waals surface area contributed by atoms with Gasteiger partial charge >= 0.3 is 6.18 Å². The van der Waals surface area contributed by atoms with Crippen LogP contribution in [0.2, 0.25) is 0 Å². The Morgan fingerprint density at radius 3 is 2.60 bits per heavy atom. The monoisotopic (exact) mass is 420 g/mol. The van der Waals surface area contributed by atoms with E-state index in [1.807, 2.05) is 6.07 Å². The molecule has 0 bridgehead atoms. The van der Waals surface area contributed by atoms with Crippen LogP contribution in [0.5, 0.6) is 0 Å². The van der Waals surface area contributed by atoms with Gasteiger partial charge in [0, 0.05) is 23.4 Å². The summed E-state index contributed by atoms with van der Waals surface area (Å²) in [5.41, 5.74) is 1.38. The van der Waals surface area contributed by atoms with Gasteiger partial charge in [-0.05, 0) is 31.9 Å². The van der Waals surface area contributed by atoms with Crippen LogP contribution in [0.1, 0.15) is 40.8 Å². The van der Waals surface area contributed by atoms with Gasteiger partial charge in [0.05, 0.1) is 6.07 Å². The zero-order chi connectivity index (χ0) is 22.1. The fourth-order valence-corrected chi connectivity index (χ4v) is 3.05. The molecule has 0 aliphatic rings. The van der Waals surface area contributed by atoms with E-state index in [1.54, 1.807) is 19.9 Å². The molecule has 0 aliphatic carbocycles. The number of carbonyl (C=O) groups is 1. The Kier molecular flexibility index (Phi) is 5.69. The van der Waals surface area contributed by atoms with Gasteiger partial charge in [0.25, 0.3) is 11.6 Å². The van der Waals surface area contributed by atoms with Crippen molar-refractivity contribution in [1.29, 1.82) is 5.26 Å². The maximum Gasteiger partial charge on any atom is 0.453 e. The molecule has 0 spiro atoms. The van der Waals surface area contributed by atoms with Crippen LogP contribution in [0, 0.1) is 31.0 Å². The molecule has 0 fully saturated rings. The molecule has 3 rings (SSSR count). The first-order valence-corrected chi connectivity index (χ1v) is 8.85. The number of alkyl halides is 3. The number of nitrogens with one attached hydrogen (secondary N) is 1. The zero-order valence-corrected chi connectivity index (χ0v) is 16.0. The van der Waals surface area contributed by atoms with Crippen molar-refractivity contribution in [2.45, 2.75) is 38.9 Å². The average Bonchev–Trinajstić information content (AvgIpc) is 3.11. The van der Waals surface area contributed by atoms with Gasteiger partial charge in [-0.1, -0.05) is 18.2 Å². The highest BCUT2D eigenvalue weighted by Crippen LogP contribution is 2.27. The lowest BCUT2D eigenvalue weighted by Gasteiger charge is -2.14. The molecule has 11 heteroatoms. The van der Waals surface area contributed by atoms with E-state index >= 15 is 0 Å². The molecular formula is C19H16F4N6O. The molecule has 7 nitrogen and oxygen atoms in total. The lowest BCUT2D eigenvalue weighted by molar-refractivity contribution is -0.144. The summed E-state index contributed by atoms with van der Waals surface area (Å²) in [4.78, 5) is 19.7. The van der Waals surface area contributed by atoms with E-state index in [0.29, 0.717) is 17.0 Å². The number of fused-ring (bicyclic) bond motifs is 1. The number of nitriles is 1. The molecule has 3 aromatic rings. The molecule has 156 valence electrons. The molecule has 30 heavy (non-hydrogen) atoms. The molecule has 1 amide bonds. The predicted octanol–water partition coefficient (Wildman–Crippen LogP) is 3.21. The second-order valence-electron chi connectivity index (χ2n) is 6.56. The minimum atomic E-state index is -4.70. The molecule has 2 aromatic heterocycles. The van der Waals surface area contributed by atoms with Crippen molar-refractivity contribution in [2.24, 2.45) is 0 Å². The van der Waals surface area contributed by atoms with Crippen LogP contribution in [0.15, 0.2) is 24.3 Å². The summed E-state index contributed by atoms with van der Waals surface area (Å²) in [6, 6.07) is 6.29. The summed E-state index contributed by atoms with van der Waals surface area (Å²) in [6.07, 6.45) is -4.64. The molecule has 1 atom stereocenters. The molecule has 1 N–H and O–H groups in total. The number of carbonyl (C=O) groups excluding carboxylic acids is 1. The summed E-state index contributed by atoms with van der Waals surface area (Å²) in [7, 11) is 0. The first-order chi connectivity index (χ1) is 14.1. The molecular weight excluding hydrogens is 404 g/mol. The van der Waals surface area contributed by atoms with E-state index in [-0.39, 0.29) is 24.2 Å². The molecule has 1 aromatic carbocycles. The van der Waals surface area contributed by atoms with E-state index in [0.717, 1.165) is 4.52 Å². The lowest BCUT2D eigenvalue weighted by Crippen LogP contribution is -2.28. The maximum atomic E-state index is 13.9. The number of nitrogens with zero attached hydrogens (tertiary/aromatic N) is 5. The summed E-state index contributed by atoms with van der Waals surface area (Å²) < 4.78 is 53.4. The number of hydrogen-bond acceptors (Lipinski definition) is 5. The van der Waals surface area contributed by atoms with E-state index in [9.17, 15) is 27.6 Å². The summed E-state index contributed by atoms with van der Waals surface area (Å²) in [5, 5.41) is 15.2. The van der Waals surface area contributed by atoms with Crippen molar-refractivity contribution in [3.63, 3.8) is 0 Å². The van der Waals surface area contributed by atoms with Crippen LogP contribution in [0.4, 0.5) is 17.6 Å². The van der Waals surface area contributed by atoms with Crippen molar-refractivity contribution in [1.82, 2.24) is 24.9 Å². The van der Waals surface area contributed by atoms with Crippen molar-refractivity contribution in [2.75, 3.05) is 0 Å².